The van der Waals surface area contributed by atoms with Gasteiger partial charge in [0.05, 0.1) is 11.1 Å². The maximum absolute atomic E-state index is 12.6. The van der Waals surface area contributed by atoms with Crippen molar-refractivity contribution >= 4 is 90.9 Å². The van der Waals surface area contributed by atoms with Gasteiger partial charge in [-0.2, -0.15) is 16.8 Å². The number of hydrogen-bond donors (Lipinski definition) is 4. The standard InChI is InChI=1S/C14H8O10S2.2Na.2H/c15-11-5-1-3-7(25(19,20)21)12(16)9(5)14(18)10-6(11)2-4-8(13(10)17)26(22,23)24;;;;/h1-4,16-17H,(H,19,20,21)(H,22,23,24);;;;. The van der Waals surface area contributed by atoms with Gasteiger partial charge in [0.25, 0.3) is 20.2 Å². The van der Waals surface area contributed by atoms with Crippen molar-refractivity contribution in [3.63, 3.8) is 0 Å². The van der Waals surface area contributed by atoms with Crippen LogP contribution in [-0.2, 0) is 20.2 Å². The molecule has 0 bridgehead atoms. The molecule has 10 nitrogen and oxygen atoms in total. The number of benzene rings is 2. The molecule has 0 aliphatic heterocycles. The molecule has 28 heavy (non-hydrogen) atoms. The molecule has 140 valence electrons. The van der Waals surface area contributed by atoms with E-state index in [0.717, 1.165) is 12.1 Å². The molecule has 0 atom stereocenters. The molecule has 0 radical (unpaired) electrons. The third-order valence-corrected chi connectivity index (χ3v) is 5.55. The van der Waals surface area contributed by atoms with Crippen molar-refractivity contribution in [1.29, 1.82) is 0 Å². The van der Waals surface area contributed by atoms with Crippen LogP contribution in [0.4, 0.5) is 0 Å². The number of ketones is 2. The minimum absolute atomic E-state index is 0. The number of carbonyl (C=O) groups excluding carboxylic acids is 2. The molecular weight excluding hydrogens is 438 g/mol. The normalized spacial score (nSPS) is 13.1. The molecule has 0 saturated heterocycles. The summed E-state index contributed by atoms with van der Waals surface area (Å²) in [4.78, 5) is 23.0. The summed E-state index contributed by atoms with van der Waals surface area (Å²) in [6.07, 6.45) is 0. The first kappa shape index (κ1) is 25.2. The molecule has 14 heteroatoms. The molecule has 0 aromatic heterocycles. The molecule has 3 rings (SSSR count). The summed E-state index contributed by atoms with van der Waals surface area (Å²) in [5, 5.41) is 20.1. The Hall–Kier alpha value is -0.800. The predicted octanol–water partition coefficient (Wildman–Crippen LogP) is -0.930. The number of hydrogen-bond acceptors (Lipinski definition) is 8. The van der Waals surface area contributed by atoms with E-state index in [1.807, 2.05) is 0 Å². The molecule has 0 saturated carbocycles. The summed E-state index contributed by atoms with van der Waals surface area (Å²) < 4.78 is 63.2. The number of rotatable bonds is 2. The average molecular weight is 448 g/mol. The zero-order valence-corrected chi connectivity index (χ0v) is 14.0. The van der Waals surface area contributed by atoms with Crippen LogP contribution in [0.25, 0.3) is 0 Å². The van der Waals surface area contributed by atoms with Crippen molar-refractivity contribution in [2.75, 3.05) is 0 Å². The Morgan fingerprint density at radius 2 is 0.929 bits per heavy atom. The van der Waals surface area contributed by atoms with E-state index in [1.54, 1.807) is 0 Å². The maximum atomic E-state index is 12.6. The molecule has 0 spiro atoms. The zero-order valence-electron chi connectivity index (χ0n) is 12.4. The third-order valence-electron chi connectivity index (χ3n) is 3.78. The van der Waals surface area contributed by atoms with Gasteiger partial charge in [-0.15, -0.1) is 0 Å². The molecule has 2 aromatic rings. The van der Waals surface area contributed by atoms with Crippen LogP contribution in [0.2, 0.25) is 0 Å². The quantitative estimate of drug-likeness (QED) is 0.282. The van der Waals surface area contributed by atoms with Crippen LogP contribution in [0.1, 0.15) is 31.8 Å². The van der Waals surface area contributed by atoms with Crippen molar-refractivity contribution in [3.8, 4) is 11.5 Å². The van der Waals surface area contributed by atoms with Crippen LogP contribution >= 0.6 is 0 Å². The van der Waals surface area contributed by atoms with E-state index in [4.69, 9.17) is 9.11 Å². The minimum atomic E-state index is -4.94. The summed E-state index contributed by atoms with van der Waals surface area (Å²) in [6, 6.07) is 3.20. The molecule has 4 N–H and O–H groups in total. The number of phenols is 2. The monoisotopic (exact) mass is 448 g/mol. The molecule has 1 aliphatic rings. The summed E-state index contributed by atoms with van der Waals surface area (Å²) in [5.74, 6) is -4.64. The average Bonchev–Trinajstić information content (AvgIpc) is 2.49. The van der Waals surface area contributed by atoms with E-state index >= 15 is 0 Å². The SMILES string of the molecule is O=C1c2ccc(S(=O)(=O)O)c(O)c2C(=O)c2c1ccc(S(=O)(=O)O)c2O.[NaH].[NaH]. The zero-order chi connectivity index (χ0) is 19.6. The van der Waals surface area contributed by atoms with Gasteiger partial charge >= 0.3 is 59.1 Å². The van der Waals surface area contributed by atoms with E-state index in [-0.39, 0.29) is 59.1 Å². The van der Waals surface area contributed by atoms with Crippen molar-refractivity contribution in [2.45, 2.75) is 9.79 Å². The van der Waals surface area contributed by atoms with Gasteiger partial charge in [-0.3, -0.25) is 18.7 Å². The molecule has 2 aromatic carbocycles. The van der Waals surface area contributed by atoms with Gasteiger partial charge in [0.15, 0.2) is 5.78 Å². The van der Waals surface area contributed by atoms with Gasteiger partial charge in [-0.25, -0.2) is 0 Å². The Bertz CT molecular complexity index is 1140. The number of carbonyl (C=O) groups is 2. The number of fused-ring (bicyclic) bond motifs is 2. The van der Waals surface area contributed by atoms with Crippen LogP contribution in [0.15, 0.2) is 34.1 Å². The second-order valence-corrected chi connectivity index (χ2v) is 8.06. The number of phenolic OH excluding ortho intramolecular Hbond substituents is 2. The van der Waals surface area contributed by atoms with E-state index in [0.29, 0.717) is 12.1 Å². The van der Waals surface area contributed by atoms with Crippen LogP contribution in [0.3, 0.4) is 0 Å². The molecule has 0 fully saturated rings. The first-order valence-electron chi connectivity index (χ1n) is 6.62. The predicted molar refractivity (Wildman–Crippen MR) is 97.0 cm³/mol. The molecule has 0 heterocycles. The van der Waals surface area contributed by atoms with Gasteiger partial charge in [-0.05, 0) is 24.3 Å². The summed E-state index contributed by atoms with van der Waals surface area (Å²) in [6.45, 7) is 0. The first-order valence-corrected chi connectivity index (χ1v) is 9.50. The molecule has 1 aliphatic carbocycles. The van der Waals surface area contributed by atoms with E-state index < -0.39 is 75.3 Å². The third kappa shape index (κ3) is 3.94. The summed E-state index contributed by atoms with van der Waals surface area (Å²) in [7, 11) is -9.88. The Morgan fingerprint density at radius 3 is 1.21 bits per heavy atom. The Kier molecular flexibility index (Phi) is 7.34. The molecular formula is C14H10Na2O10S2. The molecule has 0 amide bonds. The van der Waals surface area contributed by atoms with Crippen molar-refractivity contribution in [3.05, 3.63) is 46.5 Å². The topological polar surface area (TPSA) is 183 Å². The van der Waals surface area contributed by atoms with Gasteiger partial charge < -0.3 is 10.2 Å². The van der Waals surface area contributed by atoms with Crippen molar-refractivity contribution < 1.29 is 45.7 Å². The first-order chi connectivity index (χ1) is 11.9. The summed E-state index contributed by atoms with van der Waals surface area (Å²) >= 11 is 0. The van der Waals surface area contributed by atoms with Gasteiger partial charge in [0, 0.05) is 11.1 Å². The van der Waals surface area contributed by atoms with Crippen molar-refractivity contribution in [1.82, 2.24) is 0 Å². The fourth-order valence-electron chi connectivity index (χ4n) is 2.67. The van der Waals surface area contributed by atoms with E-state index in [9.17, 15) is 36.6 Å². The van der Waals surface area contributed by atoms with Gasteiger partial charge in [0.1, 0.15) is 21.3 Å². The second kappa shape index (κ2) is 8.14. The fourth-order valence-corrected chi connectivity index (χ4v) is 3.84. The second-order valence-electron chi connectivity index (χ2n) is 5.28. The van der Waals surface area contributed by atoms with Crippen LogP contribution in [0.5, 0.6) is 11.5 Å². The van der Waals surface area contributed by atoms with Crippen molar-refractivity contribution in [2.24, 2.45) is 0 Å². The number of aromatic hydroxyl groups is 2. The van der Waals surface area contributed by atoms with Crippen LogP contribution < -0.4 is 0 Å². The van der Waals surface area contributed by atoms with Gasteiger partial charge in [0.2, 0.25) is 5.78 Å². The molecule has 0 unspecified atom stereocenters. The van der Waals surface area contributed by atoms with Crippen LogP contribution in [-0.4, -0.2) is 107 Å². The van der Waals surface area contributed by atoms with E-state index in [1.165, 1.54) is 0 Å². The van der Waals surface area contributed by atoms with E-state index in [2.05, 4.69) is 0 Å². The Balaban J connectivity index is 0.00000196. The Labute approximate surface area is 202 Å². The Morgan fingerprint density at radius 1 is 0.607 bits per heavy atom. The fraction of sp³-hybridized carbons (Fsp3) is 0. The van der Waals surface area contributed by atoms with Crippen LogP contribution in [0, 0.1) is 0 Å². The summed E-state index contributed by atoms with van der Waals surface area (Å²) in [5.41, 5.74) is -2.49. The van der Waals surface area contributed by atoms with Gasteiger partial charge in [-0.1, -0.05) is 0 Å².